The normalized spacial score (nSPS) is 17.5. The molecule has 7 heteroatoms. The zero-order valence-corrected chi connectivity index (χ0v) is 17.1. The van der Waals surface area contributed by atoms with Gasteiger partial charge in [-0.15, -0.1) is 0 Å². The van der Waals surface area contributed by atoms with Gasteiger partial charge in [0, 0.05) is 18.5 Å². The molecule has 1 aliphatic heterocycles. The summed E-state index contributed by atoms with van der Waals surface area (Å²) in [5.74, 6) is 2.97. The molecular weight excluding hydrogens is 328 g/mol. The summed E-state index contributed by atoms with van der Waals surface area (Å²) < 4.78 is 5.32. The number of nitrogens with zero attached hydrogens (tertiary/aromatic N) is 4. The van der Waals surface area contributed by atoms with Gasteiger partial charge >= 0.3 is 0 Å². The van der Waals surface area contributed by atoms with Crippen molar-refractivity contribution in [3.8, 4) is 0 Å². The van der Waals surface area contributed by atoms with E-state index in [-0.39, 0.29) is 5.41 Å². The SMILES string of the molecule is CCNC(=NCc1noc(C(C)(C)C)n1)NCCCN1CCC(C)CC1. The van der Waals surface area contributed by atoms with Gasteiger partial charge in [-0.3, -0.25) is 0 Å². The summed E-state index contributed by atoms with van der Waals surface area (Å²) in [6.45, 7) is 16.4. The maximum absolute atomic E-state index is 5.32. The second-order valence-corrected chi connectivity index (χ2v) is 8.27. The maximum Gasteiger partial charge on any atom is 0.232 e. The van der Waals surface area contributed by atoms with Crippen LogP contribution >= 0.6 is 0 Å². The van der Waals surface area contributed by atoms with Crippen LogP contribution in [0.2, 0.25) is 0 Å². The number of rotatable bonds is 7. The molecule has 0 radical (unpaired) electrons. The summed E-state index contributed by atoms with van der Waals surface area (Å²) in [4.78, 5) is 11.6. The number of hydrogen-bond acceptors (Lipinski definition) is 5. The highest BCUT2D eigenvalue weighted by Gasteiger charge is 2.21. The summed E-state index contributed by atoms with van der Waals surface area (Å²) in [6, 6.07) is 0. The lowest BCUT2D eigenvalue weighted by molar-refractivity contribution is 0.191. The van der Waals surface area contributed by atoms with E-state index in [4.69, 9.17) is 4.52 Å². The zero-order valence-electron chi connectivity index (χ0n) is 17.1. The van der Waals surface area contributed by atoms with E-state index >= 15 is 0 Å². The van der Waals surface area contributed by atoms with Gasteiger partial charge < -0.3 is 20.1 Å². The van der Waals surface area contributed by atoms with E-state index in [1.807, 2.05) is 0 Å². The molecule has 148 valence electrons. The molecule has 1 aliphatic rings. The van der Waals surface area contributed by atoms with E-state index in [1.54, 1.807) is 0 Å². The number of piperidine rings is 1. The van der Waals surface area contributed by atoms with Crippen LogP contribution in [0.4, 0.5) is 0 Å². The van der Waals surface area contributed by atoms with Gasteiger partial charge in [0.2, 0.25) is 5.89 Å². The van der Waals surface area contributed by atoms with Crippen molar-refractivity contribution in [2.75, 3.05) is 32.7 Å². The van der Waals surface area contributed by atoms with Crippen LogP contribution in [0.3, 0.4) is 0 Å². The Labute approximate surface area is 158 Å². The van der Waals surface area contributed by atoms with Gasteiger partial charge in [0.05, 0.1) is 0 Å². The van der Waals surface area contributed by atoms with Gasteiger partial charge in [0.1, 0.15) is 6.54 Å². The van der Waals surface area contributed by atoms with Crippen LogP contribution in [0, 0.1) is 5.92 Å². The number of likely N-dealkylation sites (tertiary alicyclic amines) is 1. The van der Waals surface area contributed by atoms with E-state index in [9.17, 15) is 0 Å². The molecule has 1 fully saturated rings. The van der Waals surface area contributed by atoms with E-state index in [0.717, 1.165) is 37.9 Å². The lowest BCUT2D eigenvalue weighted by Crippen LogP contribution is -2.39. The first-order valence-corrected chi connectivity index (χ1v) is 9.96. The van der Waals surface area contributed by atoms with Crippen molar-refractivity contribution < 1.29 is 4.52 Å². The largest absolute Gasteiger partial charge is 0.357 e. The van der Waals surface area contributed by atoms with Gasteiger partial charge in [-0.1, -0.05) is 32.9 Å². The van der Waals surface area contributed by atoms with Crippen LogP contribution in [0.25, 0.3) is 0 Å². The summed E-state index contributed by atoms with van der Waals surface area (Å²) in [5.41, 5.74) is -0.135. The van der Waals surface area contributed by atoms with Crippen LogP contribution in [-0.4, -0.2) is 53.7 Å². The Kier molecular flexibility index (Phi) is 7.87. The topological polar surface area (TPSA) is 78.6 Å². The van der Waals surface area contributed by atoms with E-state index in [1.165, 1.54) is 25.9 Å². The number of aromatic nitrogens is 2. The van der Waals surface area contributed by atoms with Crippen molar-refractivity contribution in [3.05, 3.63) is 11.7 Å². The minimum atomic E-state index is -0.135. The average Bonchev–Trinajstić information content (AvgIpc) is 3.07. The number of guanidine groups is 1. The third-order valence-electron chi connectivity index (χ3n) is 4.65. The fourth-order valence-electron chi connectivity index (χ4n) is 2.91. The molecule has 0 spiro atoms. The Morgan fingerprint density at radius 2 is 2.00 bits per heavy atom. The second kappa shape index (κ2) is 9.90. The molecule has 0 aliphatic carbocycles. The van der Waals surface area contributed by atoms with Crippen LogP contribution in [-0.2, 0) is 12.0 Å². The lowest BCUT2D eigenvalue weighted by Gasteiger charge is -2.30. The van der Waals surface area contributed by atoms with Gasteiger partial charge in [0.25, 0.3) is 0 Å². The Morgan fingerprint density at radius 1 is 1.27 bits per heavy atom. The molecule has 0 bridgehead atoms. The first kappa shape index (κ1) is 20.7. The minimum Gasteiger partial charge on any atom is -0.357 e. The predicted octanol–water partition coefficient (Wildman–Crippen LogP) is 2.54. The molecule has 0 atom stereocenters. The quantitative estimate of drug-likeness (QED) is 0.440. The van der Waals surface area contributed by atoms with Crippen molar-refractivity contribution in [1.29, 1.82) is 0 Å². The number of aliphatic imine (C=N–C) groups is 1. The smallest absolute Gasteiger partial charge is 0.232 e. The van der Waals surface area contributed by atoms with Crippen LogP contribution in [0.15, 0.2) is 9.52 Å². The predicted molar refractivity (Wildman–Crippen MR) is 105 cm³/mol. The molecule has 1 aromatic rings. The molecule has 7 nitrogen and oxygen atoms in total. The maximum atomic E-state index is 5.32. The Hall–Kier alpha value is -1.63. The van der Waals surface area contributed by atoms with Crippen LogP contribution in [0.5, 0.6) is 0 Å². The van der Waals surface area contributed by atoms with Crippen molar-refractivity contribution in [2.24, 2.45) is 10.9 Å². The third kappa shape index (κ3) is 6.94. The number of hydrogen-bond donors (Lipinski definition) is 2. The molecule has 2 N–H and O–H groups in total. The molecule has 0 aromatic carbocycles. The molecule has 2 heterocycles. The molecule has 1 saturated heterocycles. The molecule has 0 unspecified atom stereocenters. The molecule has 0 amide bonds. The van der Waals surface area contributed by atoms with Crippen LogP contribution < -0.4 is 10.6 Å². The minimum absolute atomic E-state index is 0.135. The van der Waals surface area contributed by atoms with Gasteiger partial charge in [-0.2, -0.15) is 4.98 Å². The Bertz CT molecular complexity index is 555. The molecule has 1 aromatic heterocycles. The summed E-state index contributed by atoms with van der Waals surface area (Å²) in [5, 5.41) is 10.7. The fourth-order valence-corrected chi connectivity index (χ4v) is 2.91. The van der Waals surface area contributed by atoms with Crippen molar-refractivity contribution >= 4 is 5.96 Å². The van der Waals surface area contributed by atoms with E-state index < -0.39 is 0 Å². The molecule has 26 heavy (non-hydrogen) atoms. The first-order valence-electron chi connectivity index (χ1n) is 9.96. The van der Waals surface area contributed by atoms with Crippen LogP contribution in [0.1, 0.15) is 65.6 Å². The molecule has 0 saturated carbocycles. The van der Waals surface area contributed by atoms with Gasteiger partial charge in [0.15, 0.2) is 11.8 Å². The van der Waals surface area contributed by atoms with Gasteiger partial charge in [-0.05, 0) is 51.7 Å². The molecular formula is C19H36N6O. The summed E-state index contributed by atoms with van der Waals surface area (Å²) >= 11 is 0. The highest BCUT2D eigenvalue weighted by atomic mass is 16.5. The fraction of sp³-hybridized carbons (Fsp3) is 0.842. The van der Waals surface area contributed by atoms with E-state index in [2.05, 4.69) is 65.3 Å². The summed E-state index contributed by atoms with van der Waals surface area (Å²) in [7, 11) is 0. The number of nitrogens with one attached hydrogen (secondary N) is 2. The van der Waals surface area contributed by atoms with Crippen molar-refractivity contribution in [3.63, 3.8) is 0 Å². The second-order valence-electron chi connectivity index (χ2n) is 8.27. The Morgan fingerprint density at radius 3 is 2.62 bits per heavy atom. The van der Waals surface area contributed by atoms with Gasteiger partial charge in [-0.25, -0.2) is 4.99 Å². The third-order valence-corrected chi connectivity index (χ3v) is 4.65. The average molecular weight is 365 g/mol. The summed E-state index contributed by atoms with van der Waals surface area (Å²) in [6.07, 6.45) is 3.78. The highest BCUT2D eigenvalue weighted by Crippen LogP contribution is 2.19. The zero-order chi connectivity index (χ0) is 19.0. The Balaban J connectivity index is 1.74. The molecule has 2 rings (SSSR count). The standard InChI is InChI=1S/C19H36N6O/c1-6-20-18(21-10-7-11-25-12-8-15(2)9-13-25)22-14-16-23-17(26-24-16)19(3,4)5/h15H,6-14H2,1-5H3,(H2,20,21,22). The first-order chi connectivity index (χ1) is 12.4. The van der Waals surface area contributed by atoms with Crippen molar-refractivity contribution in [2.45, 2.75) is 65.8 Å². The highest BCUT2D eigenvalue weighted by molar-refractivity contribution is 5.79. The van der Waals surface area contributed by atoms with Crippen molar-refractivity contribution in [1.82, 2.24) is 25.7 Å². The van der Waals surface area contributed by atoms with E-state index in [0.29, 0.717) is 18.3 Å². The monoisotopic (exact) mass is 364 g/mol. The lowest BCUT2D eigenvalue weighted by atomic mass is 9.97.